The fraction of sp³-hybridized carbons (Fsp3) is 0.146. The number of hydrogen-bond donors (Lipinski definition) is 0. The molecule has 0 aliphatic heterocycles. The van der Waals surface area contributed by atoms with E-state index in [1.165, 1.54) is 43.8 Å². The highest BCUT2D eigenvalue weighted by Gasteiger charge is 2.46. The molecule has 6 aromatic carbocycles. The molecule has 0 saturated heterocycles. The van der Waals surface area contributed by atoms with Crippen molar-refractivity contribution in [3.8, 4) is 45.3 Å². The molecule has 3 heteroatoms. The lowest BCUT2D eigenvalue weighted by Crippen LogP contribution is -2.43. The molecule has 1 aliphatic carbocycles. The maximum absolute atomic E-state index is 4.98. The Morgan fingerprint density at radius 2 is 0.977 bits per heavy atom. The number of nitrogens with zero attached hydrogens (tertiary/aromatic N) is 3. The van der Waals surface area contributed by atoms with Crippen LogP contribution in [0.5, 0.6) is 0 Å². The van der Waals surface area contributed by atoms with E-state index in [4.69, 9.17) is 15.0 Å². The maximum Gasteiger partial charge on any atom is 0.164 e. The Bertz CT molecular complexity index is 2160. The van der Waals surface area contributed by atoms with E-state index in [0.29, 0.717) is 17.5 Å². The molecule has 0 bridgehead atoms. The van der Waals surface area contributed by atoms with Gasteiger partial charge in [0.15, 0.2) is 17.5 Å². The van der Waals surface area contributed by atoms with Gasteiger partial charge in [0.2, 0.25) is 0 Å². The van der Waals surface area contributed by atoms with Gasteiger partial charge in [0.05, 0.1) is 0 Å². The van der Waals surface area contributed by atoms with Crippen molar-refractivity contribution < 1.29 is 0 Å². The van der Waals surface area contributed by atoms with Crippen LogP contribution in [-0.4, -0.2) is 15.0 Å². The van der Waals surface area contributed by atoms with E-state index in [2.05, 4.69) is 94.4 Å². The van der Waals surface area contributed by atoms with Crippen molar-refractivity contribution in [3.63, 3.8) is 0 Å². The minimum Gasteiger partial charge on any atom is -0.208 e. The summed E-state index contributed by atoms with van der Waals surface area (Å²) in [5.74, 6) is 2.01. The third-order valence-corrected chi connectivity index (χ3v) is 10.0. The molecule has 1 aromatic heterocycles. The quantitative estimate of drug-likeness (QED) is 0.199. The lowest BCUT2D eigenvalue weighted by Gasteiger charge is -2.49. The van der Waals surface area contributed by atoms with Crippen LogP contribution < -0.4 is 0 Å². The van der Waals surface area contributed by atoms with Gasteiger partial charge >= 0.3 is 0 Å². The molecular weight excluding hydrogens is 534 g/mol. The monoisotopic (exact) mass is 567 g/mol. The van der Waals surface area contributed by atoms with E-state index in [1.807, 2.05) is 60.7 Å². The third kappa shape index (κ3) is 3.92. The third-order valence-electron chi connectivity index (χ3n) is 10.0. The Labute approximate surface area is 258 Å². The van der Waals surface area contributed by atoms with Gasteiger partial charge in [-0.3, -0.25) is 0 Å². The second kappa shape index (κ2) is 9.68. The van der Waals surface area contributed by atoms with Gasteiger partial charge < -0.3 is 0 Å². The summed E-state index contributed by atoms with van der Waals surface area (Å²) in [5, 5.41) is 5.04. The van der Waals surface area contributed by atoms with E-state index < -0.39 is 0 Å². The summed E-state index contributed by atoms with van der Waals surface area (Å²) >= 11 is 0. The molecule has 7 aromatic rings. The molecule has 0 spiro atoms. The van der Waals surface area contributed by atoms with Crippen molar-refractivity contribution in [2.75, 3.05) is 0 Å². The number of rotatable bonds is 3. The maximum atomic E-state index is 4.98. The molecule has 0 radical (unpaired) electrons. The van der Waals surface area contributed by atoms with Gasteiger partial charge in [0.25, 0.3) is 0 Å². The van der Waals surface area contributed by atoms with Crippen LogP contribution in [-0.2, 0) is 10.8 Å². The van der Waals surface area contributed by atoms with Gasteiger partial charge in [0.1, 0.15) is 0 Å². The summed E-state index contributed by atoms with van der Waals surface area (Å²) < 4.78 is 0. The zero-order valence-electron chi connectivity index (χ0n) is 25.5. The molecule has 0 fully saturated rings. The normalized spacial score (nSPS) is 14.7. The lowest BCUT2D eigenvalue weighted by atomic mass is 9.54. The molecule has 0 saturated carbocycles. The van der Waals surface area contributed by atoms with Crippen molar-refractivity contribution in [2.24, 2.45) is 0 Å². The highest BCUT2D eigenvalue weighted by atomic mass is 15.0. The van der Waals surface area contributed by atoms with E-state index in [-0.39, 0.29) is 10.8 Å². The fourth-order valence-corrected chi connectivity index (χ4v) is 7.02. The average Bonchev–Trinajstić information content (AvgIpc) is 3.07. The Morgan fingerprint density at radius 3 is 1.64 bits per heavy atom. The lowest BCUT2D eigenvalue weighted by molar-refractivity contribution is 0.301. The molecule has 3 nitrogen and oxygen atoms in total. The number of benzene rings is 6. The van der Waals surface area contributed by atoms with Gasteiger partial charge in [-0.1, -0.05) is 149 Å². The highest BCUT2D eigenvalue weighted by molar-refractivity contribution is 6.12. The fourth-order valence-electron chi connectivity index (χ4n) is 7.02. The van der Waals surface area contributed by atoms with Crippen molar-refractivity contribution in [3.05, 3.63) is 139 Å². The van der Waals surface area contributed by atoms with E-state index >= 15 is 0 Å². The summed E-state index contributed by atoms with van der Waals surface area (Å²) in [7, 11) is 0. The molecule has 0 atom stereocenters. The van der Waals surface area contributed by atoms with E-state index in [9.17, 15) is 0 Å². The van der Waals surface area contributed by atoms with Gasteiger partial charge in [-0.15, -0.1) is 0 Å². The summed E-state index contributed by atoms with van der Waals surface area (Å²) in [6.45, 7) is 9.61. The SMILES string of the molecule is CC1(C)c2ccccc2-c2ccc3ccc4cc(-c5nc(-c6ccccc6)nc(-c6ccccc6)n5)ccc4c3c2C1(C)C. The molecule has 8 rings (SSSR count). The number of hydrogen-bond acceptors (Lipinski definition) is 3. The zero-order valence-corrected chi connectivity index (χ0v) is 25.5. The molecule has 44 heavy (non-hydrogen) atoms. The highest BCUT2D eigenvalue weighted by Crippen LogP contribution is 2.56. The Kier molecular flexibility index (Phi) is 5.83. The van der Waals surface area contributed by atoms with Crippen LogP contribution in [0, 0.1) is 0 Å². The average molecular weight is 568 g/mol. The van der Waals surface area contributed by atoms with E-state index in [1.54, 1.807) is 0 Å². The molecule has 212 valence electrons. The first-order chi connectivity index (χ1) is 21.3. The minimum absolute atomic E-state index is 0.0421. The predicted molar refractivity (Wildman–Crippen MR) is 183 cm³/mol. The topological polar surface area (TPSA) is 38.7 Å². The summed E-state index contributed by atoms with van der Waals surface area (Å²) in [5.41, 5.74) is 8.30. The summed E-state index contributed by atoms with van der Waals surface area (Å²) in [6, 6.07) is 45.0. The Balaban J connectivity index is 1.36. The van der Waals surface area contributed by atoms with Crippen LogP contribution in [0.15, 0.2) is 127 Å². The van der Waals surface area contributed by atoms with Crippen LogP contribution in [0.2, 0.25) is 0 Å². The zero-order chi connectivity index (χ0) is 30.1. The van der Waals surface area contributed by atoms with Crippen molar-refractivity contribution >= 4 is 21.5 Å². The van der Waals surface area contributed by atoms with Gasteiger partial charge in [-0.25, -0.2) is 15.0 Å². The standard InChI is InChI=1S/C41H33N3/c1-40(2)34-18-12-11-17-32(34)33-24-21-26-19-20-29-25-30(22-23-31(29)35(26)36(33)41(40,3)4)39-43-37(27-13-7-5-8-14-27)42-38(44-39)28-15-9-6-10-16-28/h5-25H,1-4H3. The minimum atomic E-state index is -0.0907. The van der Waals surface area contributed by atoms with Crippen molar-refractivity contribution in [1.82, 2.24) is 15.0 Å². The number of aromatic nitrogens is 3. The van der Waals surface area contributed by atoms with Gasteiger partial charge in [-0.05, 0) is 55.3 Å². The molecule has 1 heterocycles. The van der Waals surface area contributed by atoms with Crippen LogP contribution in [0.1, 0.15) is 38.8 Å². The van der Waals surface area contributed by atoms with Crippen LogP contribution >= 0.6 is 0 Å². The van der Waals surface area contributed by atoms with Gasteiger partial charge in [0, 0.05) is 22.1 Å². The number of fused-ring (bicyclic) bond motifs is 7. The largest absolute Gasteiger partial charge is 0.208 e. The van der Waals surface area contributed by atoms with Crippen LogP contribution in [0.4, 0.5) is 0 Å². The van der Waals surface area contributed by atoms with Crippen molar-refractivity contribution in [1.29, 1.82) is 0 Å². The molecule has 0 unspecified atom stereocenters. The Hall–Kier alpha value is -5.15. The molecular formula is C41H33N3. The smallest absolute Gasteiger partial charge is 0.164 e. The first-order valence-corrected chi connectivity index (χ1v) is 15.3. The molecule has 0 N–H and O–H groups in total. The van der Waals surface area contributed by atoms with Crippen LogP contribution in [0.25, 0.3) is 66.8 Å². The van der Waals surface area contributed by atoms with Crippen molar-refractivity contribution in [2.45, 2.75) is 38.5 Å². The first-order valence-electron chi connectivity index (χ1n) is 15.3. The first kappa shape index (κ1) is 26.5. The Morgan fingerprint density at radius 1 is 0.432 bits per heavy atom. The predicted octanol–water partition coefficient (Wildman–Crippen LogP) is 10.4. The summed E-state index contributed by atoms with van der Waals surface area (Å²) in [6.07, 6.45) is 0. The van der Waals surface area contributed by atoms with Gasteiger partial charge in [-0.2, -0.15) is 0 Å². The van der Waals surface area contributed by atoms with Crippen LogP contribution in [0.3, 0.4) is 0 Å². The molecule has 1 aliphatic rings. The molecule has 0 amide bonds. The second-order valence-corrected chi connectivity index (χ2v) is 12.9. The second-order valence-electron chi connectivity index (χ2n) is 12.9. The van der Waals surface area contributed by atoms with E-state index in [0.717, 1.165) is 16.7 Å². The summed E-state index contributed by atoms with van der Waals surface area (Å²) in [4.78, 5) is 14.8.